The molecule has 116 valence electrons. The first-order valence-electron chi connectivity index (χ1n) is 7.73. The first kappa shape index (κ1) is 18.9. The van der Waals surface area contributed by atoms with E-state index in [0.717, 1.165) is 12.8 Å². The van der Waals surface area contributed by atoms with Crippen molar-refractivity contribution in [1.29, 1.82) is 0 Å². The minimum Gasteiger partial charge on any atom is -0.396 e. The molecule has 0 aliphatic carbocycles. The molecule has 0 heterocycles. The van der Waals surface area contributed by atoms with Gasteiger partial charge < -0.3 is 10.2 Å². The lowest BCUT2D eigenvalue weighted by Crippen LogP contribution is -2.54. The third-order valence-electron chi connectivity index (χ3n) is 6.43. The number of aliphatic hydroxyl groups is 2. The minimum absolute atomic E-state index is 0.0617. The topological polar surface area (TPSA) is 40.5 Å². The molecule has 0 aromatic heterocycles. The van der Waals surface area contributed by atoms with Crippen LogP contribution in [0.15, 0.2) is 0 Å². The summed E-state index contributed by atoms with van der Waals surface area (Å²) in [6.07, 6.45) is 1.51. The van der Waals surface area contributed by atoms with Crippen molar-refractivity contribution >= 4 is 0 Å². The van der Waals surface area contributed by atoms with Crippen LogP contribution in [0.2, 0.25) is 0 Å². The lowest BCUT2D eigenvalue weighted by Gasteiger charge is -2.60. The summed E-state index contributed by atoms with van der Waals surface area (Å²) in [5, 5.41) is 19.3. The summed E-state index contributed by atoms with van der Waals surface area (Å²) in [6.45, 7) is 18.6. The van der Waals surface area contributed by atoms with Gasteiger partial charge in [-0.25, -0.2) is 0 Å². The molecule has 0 rings (SSSR count). The fourth-order valence-electron chi connectivity index (χ4n) is 3.73. The van der Waals surface area contributed by atoms with Gasteiger partial charge in [-0.3, -0.25) is 0 Å². The van der Waals surface area contributed by atoms with E-state index in [2.05, 4.69) is 55.4 Å². The van der Waals surface area contributed by atoms with Crippen molar-refractivity contribution in [3.63, 3.8) is 0 Å². The van der Waals surface area contributed by atoms with Crippen molar-refractivity contribution in [2.24, 2.45) is 28.1 Å². The second-order valence-corrected chi connectivity index (χ2v) is 7.78. The maximum absolute atomic E-state index is 9.64. The smallest absolute Gasteiger partial charge is 0.0436 e. The van der Waals surface area contributed by atoms with Crippen LogP contribution in [0.4, 0.5) is 0 Å². The van der Waals surface area contributed by atoms with Gasteiger partial charge in [0.25, 0.3) is 0 Å². The molecule has 19 heavy (non-hydrogen) atoms. The van der Waals surface area contributed by atoms with Crippen molar-refractivity contribution in [3.05, 3.63) is 0 Å². The van der Waals surface area contributed by atoms with Gasteiger partial charge in [-0.1, -0.05) is 55.4 Å². The van der Waals surface area contributed by atoms with E-state index >= 15 is 0 Å². The predicted octanol–water partition coefficient (Wildman–Crippen LogP) is 4.10. The SMILES string of the molecule is CC(C)C(C)(C)C(CCO)(CCO)C(C)(C)C(C)C. The van der Waals surface area contributed by atoms with Gasteiger partial charge >= 0.3 is 0 Å². The molecule has 0 saturated carbocycles. The van der Waals surface area contributed by atoms with Gasteiger partial charge in [0, 0.05) is 13.2 Å². The van der Waals surface area contributed by atoms with Crippen LogP contribution < -0.4 is 0 Å². The summed E-state index contributed by atoms with van der Waals surface area (Å²) in [4.78, 5) is 0. The normalized spacial score (nSPS) is 14.5. The molecular formula is C17H36O2. The molecule has 0 aromatic carbocycles. The Hall–Kier alpha value is -0.0800. The van der Waals surface area contributed by atoms with Crippen molar-refractivity contribution < 1.29 is 10.2 Å². The minimum atomic E-state index is -0.0637. The Morgan fingerprint density at radius 3 is 1.11 bits per heavy atom. The van der Waals surface area contributed by atoms with Crippen LogP contribution in [0.25, 0.3) is 0 Å². The monoisotopic (exact) mass is 272 g/mol. The Bertz CT molecular complexity index is 236. The van der Waals surface area contributed by atoms with Crippen LogP contribution in [-0.2, 0) is 0 Å². The maximum Gasteiger partial charge on any atom is 0.0436 e. The molecule has 0 spiro atoms. The molecule has 0 bridgehead atoms. The molecule has 0 aromatic rings. The molecular weight excluding hydrogens is 236 g/mol. The zero-order chi connectivity index (χ0) is 15.5. The Labute approximate surface area is 120 Å². The summed E-state index contributed by atoms with van der Waals surface area (Å²) in [7, 11) is 0. The molecule has 0 atom stereocenters. The summed E-state index contributed by atoms with van der Waals surface area (Å²) >= 11 is 0. The third kappa shape index (κ3) is 3.16. The van der Waals surface area contributed by atoms with Crippen molar-refractivity contribution in [2.45, 2.75) is 68.2 Å². The quantitative estimate of drug-likeness (QED) is 0.698. The second-order valence-electron chi connectivity index (χ2n) is 7.78. The standard InChI is InChI=1S/C17H36O2/c1-13(2)15(5,6)17(9-11-18,10-12-19)16(7,8)14(3)4/h13-14,18-19H,9-12H2,1-8H3. The molecule has 2 N–H and O–H groups in total. The largest absolute Gasteiger partial charge is 0.396 e. The molecule has 0 fully saturated rings. The number of rotatable bonds is 8. The van der Waals surface area contributed by atoms with Crippen molar-refractivity contribution in [1.82, 2.24) is 0 Å². The van der Waals surface area contributed by atoms with Crippen LogP contribution in [0, 0.1) is 28.1 Å². The van der Waals surface area contributed by atoms with Crippen molar-refractivity contribution in [3.8, 4) is 0 Å². The Morgan fingerprint density at radius 1 is 0.684 bits per heavy atom. The molecule has 2 nitrogen and oxygen atoms in total. The zero-order valence-electron chi connectivity index (χ0n) is 14.4. The van der Waals surface area contributed by atoms with Crippen LogP contribution >= 0.6 is 0 Å². The molecule has 0 aliphatic rings. The number of hydrogen-bond acceptors (Lipinski definition) is 2. The maximum atomic E-state index is 9.64. The van der Waals surface area contributed by atoms with Gasteiger partial charge in [-0.05, 0) is 40.9 Å². The Balaban J connectivity index is 5.95. The van der Waals surface area contributed by atoms with Crippen molar-refractivity contribution in [2.75, 3.05) is 13.2 Å². The summed E-state index contributed by atoms with van der Waals surface area (Å²) in [5.74, 6) is 1.01. The van der Waals surface area contributed by atoms with E-state index in [1.54, 1.807) is 0 Å². The first-order chi connectivity index (χ1) is 8.51. The fourth-order valence-corrected chi connectivity index (χ4v) is 3.73. The van der Waals surface area contributed by atoms with E-state index in [-0.39, 0.29) is 29.5 Å². The first-order valence-corrected chi connectivity index (χ1v) is 7.73. The predicted molar refractivity (Wildman–Crippen MR) is 83.1 cm³/mol. The molecule has 0 unspecified atom stereocenters. The number of hydrogen-bond donors (Lipinski definition) is 2. The van der Waals surface area contributed by atoms with Crippen LogP contribution in [0.3, 0.4) is 0 Å². The van der Waals surface area contributed by atoms with Gasteiger partial charge in [0.1, 0.15) is 0 Å². The van der Waals surface area contributed by atoms with Gasteiger partial charge in [0.15, 0.2) is 0 Å². The summed E-state index contributed by atoms with van der Waals surface area (Å²) in [5.41, 5.74) is 0.0598. The highest BCUT2D eigenvalue weighted by Gasteiger charge is 2.55. The van der Waals surface area contributed by atoms with Crippen LogP contribution in [-0.4, -0.2) is 23.4 Å². The Morgan fingerprint density at radius 2 is 0.947 bits per heavy atom. The van der Waals surface area contributed by atoms with E-state index in [1.807, 2.05) is 0 Å². The second kappa shape index (κ2) is 6.58. The van der Waals surface area contributed by atoms with Crippen LogP contribution in [0.5, 0.6) is 0 Å². The molecule has 0 saturated heterocycles. The lowest BCUT2D eigenvalue weighted by molar-refractivity contribution is -0.128. The highest BCUT2D eigenvalue weighted by molar-refractivity contribution is 5.04. The molecule has 2 heteroatoms. The van der Waals surface area contributed by atoms with Gasteiger partial charge in [-0.15, -0.1) is 0 Å². The van der Waals surface area contributed by atoms with E-state index in [4.69, 9.17) is 0 Å². The lowest BCUT2D eigenvalue weighted by atomic mass is 9.45. The molecule has 0 amide bonds. The van der Waals surface area contributed by atoms with E-state index < -0.39 is 0 Å². The van der Waals surface area contributed by atoms with Gasteiger partial charge in [0.05, 0.1) is 0 Å². The van der Waals surface area contributed by atoms with E-state index in [9.17, 15) is 10.2 Å². The summed E-state index contributed by atoms with van der Waals surface area (Å²) < 4.78 is 0. The average Bonchev–Trinajstić information content (AvgIpc) is 2.27. The number of aliphatic hydroxyl groups excluding tert-OH is 2. The van der Waals surface area contributed by atoms with E-state index in [1.165, 1.54) is 0 Å². The third-order valence-corrected chi connectivity index (χ3v) is 6.43. The van der Waals surface area contributed by atoms with Crippen LogP contribution in [0.1, 0.15) is 68.2 Å². The Kier molecular flexibility index (Phi) is 6.55. The molecule has 0 radical (unpaired) electrons. The van der Waals surface area contributed by atoms with E-state index in [0.29, 0.717) is 11.8 Å². The fraction of sp³-hybridized carbons (Fsp3) is 1.00. The van der Waals surface area contributed by atoms with Gasteiger partial charge in [0.2, 0.25) is 0 Å². The zero-order valence-corrected chi connectivity index (χ0v) is 14.4. The molecule has 0 aliphatic heterocycles. The highest BCUT2D eigenvalue weighted by Crippen LogP contribution is 2.61. The van der Waals surface area contributed by atoms with Gasteiger partial charge in [-0.2, -0.15) is 0 Å². The summed E-state index contributed by atoms with van der Waals surface area (Å²) in [6, 6.07) is 0. The average molecular weight is 272 g/mol. The highest BCUT2D eigenvalue weighted by atomic mass is 16.3.